The lowest BCUT2D eigenvalue weighted by atomic mass is 9.81. The first-order valence-electron chi connectivity index (χ1n) is 15.8. The maximum atomic E-state index is 14.0. The van der Waals surface area contributed by atoms with E-state index < -0.39 is 51.1 Å². The Morgan fingerprint density at radius 1 is 1.07 bits per heavy atom. The zero-order valence-corrected chi connectivity index (χ0v) is 27.3. The third-order valence-corrected chi connectivity index (χ3v) is 10.0. The molecule has 5 atom stereocenters. The van der Waals surface area contributed by atoms with E-state index in [0.717, 1.165) is 37.5 Å². The SMILES string of the molecule is CC(CC(=O)CN1CCOCC1)C(=O)NC(C(=O)CC(CC1=CCCCC1)C(=O)C1(C)CO1)C(O)c1ccc(S(C)(=O)=O)cc1. The van der Waals surface area contributed by atoms with Crippen molar-refractivity contribution in [3.63, 3.8) is 0 Å². The topological polar surface area (TPSA) is 160 Å². The summed E-state index contributed by atoms with van der Waals surface area (Å²) in [7, 11) is -3.50. The number of hydrogen-bond acceptors (Lipinski definition) is 10. The molecule has 11 nitrogen and oxygen atoms in total. The zero-order chi connectivity index (χ0) is 32.8. The van der Waals surface area contributed by atoms with Crippen molar-refractivity contribution < 1.29 is 42.2 Å². The smallest absolute Gasteiger partial charge is 0.223 e. The number of amides is 1. The normalized spacial score (nSPS) is 23.2. The molecule has 12 heteroatoms. The highest BCUT2D eigenvalue weighted by Crippen LogP contribution is 2.36. The van der Waals surface area contributed by atoms with E-state index in [1.54, 1.807) is 13.8 Å². The number of benzene rings is 1. The number of carbonyl (C=O) groups excluding carboxylic acids is 4. The van der Waals surface area contributed by atoms with Gasteiger partial charge in [-0.25, -0.2) is 8.42 Å². The van der Waals surface area contributed by atoms with Crippen LogP contribution in [0.3, 0.4) is 0 Å². The fourth-order valence-electron chi connectivity index (χ4n) is 5.96. The Balaban J connectivity index is 1.53. The quantitative estimate of drug-likeness (QED) is 0.202. The summed E-state index contributed by atoms with van der Waals surface area (Å²) in [6.07, 6.45) is 5.65. The number of hydrogen-bond donors (Lipinski definition) is 2. The van der Waals surface area contributed by atoms with Crippen LogP contribution < -0.4 is 5.32 Å². The number of carbonyl (C=O) groups is 4. The molecule has 1 aromatic carbocycles. The Morgan fingerprint density at radius 2 is 1.73 bits per heavy atom. The molecule has 2 fully saturated rings. The molecule has 0 bridgehead atoms. The number of ether oxygens (including phenoxy) is 2. The number of rotatable bonds is 16. The van der Waals surface area contributed by atoms with E-state index in [9.17, 15) is 32.7 Å². The van der Waals surface area contributed by atoms with Gasteiger partial charge in [-0.1, -0.05) is 30.7 Å². The van der Waals surface area contributed by atoms with Crippen molar-refractivity contribution in [1.82, 2.24) is 10.2 Å². The average Bonchev–Trinajstić information content (AvgIpc) is 3.77. The number of nitrogens with one attached hydrogen (secondary N) is 1. The molecule has 4 rings (SSSR count). The summed E-state index contributed by atoms with van der Waals surface area (Å²) in [4.78, 5) is 55.6. The third kappa shape index (κ3) is 9.86. The molecule has 2 heterocycles. The van der Waals surface area contributed by atoms with Gasteiger partial charge in [0.15, 0.2) is 21.4 Å². The first-order chi connectivity index (χ1) is 21.3. The minimum atomic E-state index is -3.50. The van der Waals surface area contributed by atoms with E-state index in [0.29, 0.717) is 32.7 Å². The molecule has 45 heavy (non-hydrogen) atoms. The van der Waals surface area contributed by atoms with Crippen LogP contribution in [0, 0.1) is 11.8 Å². The lowest BCUT2D eigenvalue weighted by Crippen LogP contribution is -2.48. The highest BCUT2D eigenvalue weighted by Gasteiger charge is 2.50. The molecule has 248 valence electrons. The minimum Gasteiger partial charge on any atom is -0.386 e. The second-order valence-corrected chi connectivity index (χ2v) is 14.9. The van der Waals surface area contributed by atoms with Gasteiger partial charge in [-0.2, -0.15) is 0 Å². The van der Waals surface area contributed by atoms with Gasteiger partial charge < -0.3 is 19.9 Å². The van der Waals surface area contributed by atoms with Crippen LogP contribution in [0.2, 0.25) is 0 Å². The number of sulfone groups is 1. The molecule has 0 radical (unpaired) electrons. The van der Waals surface area contributed by atoms with E-state index in [2.05, 4.69) is 11.4 Å². The third-order valence-electron chi connectivity index (χ3n) is 8.91. The van der Waals surface area contributed by atoms with E-state index in [-0.39, 0.29) is 48.0 Å². The van der Waals surface area contributed by atoms with Crippen molar-refractivity contribution in [2.75, 3.05) is 45.7 Å². The summed E-state index contributed by atoms with van der Waals surface area (Å²) >= 11 is 0. The molecular formula is C33H46N2O9S. The highest BCUT2D eigenvalue weighted by atomic mass is 32.2. The molecule has 3 aliphatic rings. The zero-order valence-electron chi connectivity index (χ0n) is 26.5. The van der Waals surface area contributed by atoms with Gasteiger partial charge in [0.1, 0.15) is 23.5 Å². The van der Waals surface area contributed by atoms with Gasteiger partial charge >= 0.3 is 0 Å². The van der Waals surface area contributed by atoms with Gasteiger partial charge in [0.2, 0.25) is 5.91 Å². The van der Waals surface area contributed by atoms with Crippen LogP contribution in [0.1, 0.15) is 70.5 Å². The summed E-state index contributed by atoms with van der Waals surface area (Å²) in [6.45, 7) is 6.12. The fourth-order valence-corrected chi connectivity index (χ4v) is 6.59. The lowest BCUT2D eigenvalue weighted by Gasteiger charge is -2.28. The molecule has 0 saturated carbocycles. The number of aliphatic hydroxyl groups excluding tert-OH is 1. The Labute approximate surface area is 265 Å². The Hall–Kier alpha value is -2.77. The molecule has 1 aromatic rings. The number of aliphatic hydroxyl groups is 1. The predicted molar refractivity (Wildman–Crippen MR) is 166 cm³/mol. The summed E-state index contributed by atoms with van der Waals surface area (Å²) < 4.78 is 34.7. The molecule has 2 aliphatic heterocycles. The van der Waals surface area contributed by atoms with Gasteiger partial charge in [-0.15, -0.1) is 0 Å². The van der Waals surface area contributed by atoms with E-state index in [1.165, 1.54) is 24.3 Å². The monoisotopic (exact) mass is 646 g/mol. The van der Waals surface area contributed by atoms with Crippen LogP contribution in [0.4, 0.5) is 0 Å². The molecule has 1 aliphatic carbocycles. The van der Waals surface area contributed by atoms with Crippen LogP contribution in [-0.4, -0.2) is 99.0 Å². The summed E-state index contributed by atoms with van der Waals surface area (Å²) in [5.74, 6) is -2.89. The molecule has 2 N–H and O–H groups in total. The molecule has 0 aromatic heterocycles. The fraction of sp³-hybridized carbons (Fsp3) is 0.636. The van der Waals surface area contributed by atoms with Crippen molar-refractivity contribution in [1.29, 1.82) is 0 Å². The van der Waals surface area contributed by atoms with Crippen LogP contribution >= 0.6 is 0 Å². The molecule has 5 unspecified atom stereocenters. The molecular weight excluding hydrogens is 600 g/mol. The highest BCUT2D eigenvalue weighted by molar-refractivity contribution is 7.90. The number of ketones is 3. The van der Waals surface area contributed by atoms with Crippen LogP contribution in [0.5, 0.6) is 0 Å². The van der Waals surface area contributed by atoms with Crippen LogP contribution in [0.25, 0.3) is 0 Å². The second kappa shape index (κ2) is 15.2. The first kappa shape index (κ1) is 35.1. The molecule has 0 spiro atoms. The average molecular weight is 647 g/mol. The van der Waals surface area contributed by atoms with Crippen LogP contribution in [0.15, 0.2) is 40.8 Å². The first-order valence-corrected chi connectivity index (χ1v) is 17.6. The minimum absolute atomic E-state index is 0.0434. The van der Waals surface area contributed by atoms with Crippen molar-refractivity contribution in [3.8, 4) is 0 Å². The summed E-state index contributed by atoms with van der Waals surface area (Å²) in [6, 6.07) is 4.03. The van der Waals surface area contributed by atoms with Crippen molar-refractivity contribution in [2.24, 2.45) is 11.8 Å². The standard InChI is InChI=1S/C33H46N2O9S/c1-22(17-26(36)20-35-13-15-43-16-14-35)32(40)34-29(30(38)24-9-11-27(12-10-24)45(3,41)42)28(37)19-25(31(39)33(2)21-44-33)18-23-7-5-4-6-8-23/h7,9-12,22,25,29-30,38H,4-6,8,13-21H2,1-3H3,(H,34,40). The largest absolute Gasteiger partial charge is 0.386 e. The van der Waals surface area contributed by atoms with Gasteiger partial charge in [-0.05, 0) is 56.7 Å². The van der Waals surface area contributed by atoms with E-state index in [4.69, 9.17) is 9.47 Å². The number of epoxide rings is 1. The second-order valence-electron chi connectivity index (χ2n) is 12.9. The number of nitrogens with zero attached hydrogens (tertiary/aromatic N) is 1. The van der Waals surface area contributed by atoms with Crippen LogP contribution in [-0.2, 0) is 38.5 Å². The molecule has 2 saturated heterocycles. The van der Waals surface area contributed by atoms with Gasteiger partial charge in [0.05, 0.1) is 31.3 Å². The maximum absolute atomic E-state index is 14.0. The number of morpholine rings is 1. The van der Waals surface area contributed by atoms with E-state index >= 15 is 0 Å². The predicted octanol–water partition coefficient (Wildman–Crippen LogP) is 2.36. The number of allylic oxidation sites excluding steroid dienone is 2. The maximum Gasteiger partial charge on any atom is 0.223 e. The summed E-state index contributed by atoms with van der Waals surface area (Å²) in [5.41, 5.74) is 0.392. The number of Topliss-reactive ketones (excluding diaryl/α,β-unsaturated/α-hetero) is 3. The van der Waals surface area contributed by atoms with Crippen molar-refractivity contribution >= 4 is 33.1 Å². The lowest BCUT2D eigenvalue weighted by molar-refractivity contribution is -0.136. The van der Waals surface area contributed by atoms with Gasteiger partial charge in [0.25, 0.3) is 0 Å². The Kier molecular flexibility index (Phi) is 11.9. The summed E-state index contributed by atoms with van der Waals surface area (Å²) in [5, 5.41) is 14.1. The van der Waals surface area contributed by atoms with Crippen molar-refractivity contribution in [3.05, 3.63) is 41.5 Å². The Bertz CT molecular complexity index is 1380. The van der Waals surface area contributed by atoms with Crippen molar-refractivity contribution in [2.45, 2.75) is 81.4 Å². The van der Waals surface area contributed by atoms with Gasteiger partial charge in [-0.3, -0.25) is 24.1 Å². The molecule has 1 amide bonds. The van der Waals surface area contributed by atoms with Gasteiger partial charge in [0, 0.05) is 44.0 Å². The van der Waals surface area contributed by atoms with E-state index in [1.807, 2.05) is 4.90 Å². The Morgan fingerprint density at radius 3 is 2.31 bits per heavy atom.